The zero-order valence-corrected chi connectivity index (χ0v) is 8.76. The lowest BCUT2D eigenvalue weighted by Gasteiger charge is -2.06. The van der Waals surface area contributed by atoms with Gasteiger partial charge in [-0.1, -0.05) is 0 Å². The van der Waals surface area contributed by atoms with Crippen LogP contribution in [0.2, 0.25) is 0 Å². The maximum atomic E-state index is 12.9. The first-order valence-electron chi connectivity index (χ1n) is 3.37. The van der Waals surface area contributed by atoms with Crippen molar-refractivity contribution in [2.24, 2.45) is 5.73 Å². The maximum Gasteiger partial charge on any atom is 0.281 e. The molecule has 1 aromatic heterocycles. The van der Waals surface area contributed by atoms with Gasteiger partial charge in [-0.15, -0.1) is 0 Å². The number of hydrogen-bond donors (Lipinski definition) is 1. The van der Waals surface area contributed by atoms with Gasteiger partial charge in [0.05, 0.1) is 15.3 Å². The lowest BCUT2D eigenvalue weighted by atomic mass is 10.2. The van der Waals surface area contributed by atoms with E-state index >= 15 is 0 Å². The Kier molecular flexibility index (Phi) is 3.29. The van der Waals surface area contributed by atoms with Crippen LogP contribution in [0.1, 0.15) is 22.5 Å². The van der Waals surface area contributed by atoms with E-state index in [1.54, 1.807) is 0 Å². The second-order valence-electron chi connectivity index (χ2n) is 2.35. The summed E-state index contributed by atoms with van der Waals surface area (Å²) < 4.78 is 37.2. The number of primary amides is 1. The maximum absolute atomic E-state index is 12.9. The van der Waals surface area contributed by atoms with Crippen LogP contribution in [0.25, 0.3) is 0 Å². The van der Waals surface area contributed by atoms with Crippen molar-refractivity contribution >= 4 is 28.5 Å². The Morgan fingerprint density at radius 1 is 1.57 bits per heavy atom. The van der Waals surface area contributed by atoms with Gasteiger partial charge in [-0.3, -0.25) is 9.78 Å². The van der Waals surface area contributed by atoms with Gasteiger partial charge in [0.15, 0.2) is 5.82 Å². The summed E-state index contributed by atoms with van der Waals surface area (Å²) in [5, 5.41) is 0. The Balaban J connectivity index is 3.45. The third-order valence-corrected chi connectivity index (χ3v) is 2.51. The molecule has 0 aliphatic carbocycles. The monoisotopic (exact) mass is 316 g/mol. The number of nitrogens with two attached hydrogens (primary N) is 1. The van der Waals surface area contributed by atoms with Crippen molar-refractivity contribution in [1.29, 1.82) is 0 Å². The first kappa shape index (κ1) is 11.2. The smallest absolute Gasteiger partial charge is 0.281 e. The molecule has 14 heavy (non-hydrogen) atoms. The molecule has 3 nitrogen and oxygen atoms in total. The Hall–Kier alpha value is -0.860. The Bertz CT molecular complexity index is 383. The third-order valence-electron chi connectivity index (χ3n) is 1.46. The molecule has 1 amide bonds. The van der Waals surface area contributed by atoms with E-state index in [4.69, 9.17) is 5.73 Å². The molecule has 2 N–H and O–H groups in total. The van der Waals surface area contributed by atoms with Crippen LogP contribution in [-0.4, -0.2) is 10.9 Å². The summed E-state index contributed by atoms with van der Waals surface area (Å²) >= 11 is 1.43. The Morgan fingerprint density at radius 3 is 2.57 bits per heavy atom. The van der Waals surface area contributed by atoms with Crippen molar-refractivity contribution in [1.82, 2.24) is 4.98 Å². The van der Waals surface area contributed by atoms with Gasteiger partial charge in [0.2, 0.25) is 0 Å². The molecule has 0 aromatic carbocycles. The Morgan fingerprint density at radius 2 is 2.14 bits per heavy atom. The number of rotatable bonds is 2. The van der Waals surface area contributed by atoms with Crippen LogP contribution in [0, 0.1) is 9.39 Å². The molecule has 0 spiro atoms. The molecule has 0 unspecified atom stereocenters. The van der Waals surface area contributed by atoms with Gasteiger partial charge in [0.25, 0.3) is 12.3 Å². The lowest BCUT2D eigenvalue weighted by Crippen LogP contribution is -2.18. The molecule has 7 heteroatoms. The van der Waals surface area contributed by atoms with Gasteiger partial charge >= 0.3 is 0 Å². The minimum absolute atomic E-state index is 0.236. The highest BCUT2D eigenvalue weighted by Gasteiger charge is 2.23. The molecule has 0 fully saturated rings. The minimum atomic E-state index is -2.95. The van der Waals surface area contributed by atoms with Gasteiger partial charge in [-0.2, -0.15) is 0 Å². The van der Waals surface area contributed by atoms with E-state index in [1.165, 1.54) is 22.6 Å². The number of halogens is 4. The lowest BCUT2D eigenvalue weighted by molar-refractivity contribution is 0.0981. The molecule has 1 aromatic rings. The van der Waals surface area contributed by atoms with Gasteiger partial charge in [-0.05, 0) is 22.6 Å². The summed E-state index contributed by atoms with van der Waals surface area (Å²) in [6, 6.07) is 0. The van der Waals surface area contributed by atoms with Gasteiger partial charge in [-0.25, -0.2) is 13.2 Å². The van der Waals surface area contributed by atoms with E-state index in [0.29, 0.717) is 6.20 Å². The number of alkyl halides is 2. The van der Waals surface area contributed by atoms with Crippen molar-refractivity contribution in [2.45, 2.75) is 6.43 Å². The minimum Gasteiger partial charge on any atom is -0.366 e. The molecule has 0 aliphatic heterocycles. The molecule has 76 valence electrons. The fourth-order valence-corrected chi connectivity index (χ4v) is 1.56. The van der Waals surface area contributed by atoms with Crippen molar-refractivity contribution in [3.05, 3.63) is 26.8 Å². The van der Waals surface area contributed by atoms with Crippen molar-refractivity contribution in [2.75, 3.05) is 0 Å². The van der Waals surface area contributed by atoms with Gasteiger partial charge in [0, 0.05) is 0 Å². The summed E-state index contributed by atoms with van der Waals surface area (Å²) in [7, 11) is 0. The number of aromatic nitrogens is 1. The molecule has 0 radical (unpaired) electrons. The number of carbonyl (C=O) groups excluding carboxylic acids is 1. The van der Waals surface area contributed by atoms with Crippen molar-refractivity contribution in [3.63, 3.8) is 0 Å². The zero-order chi connectivity index (χ0) is 10.9. The van der Waals surface area contributed by atoms with E-state index in [-0.39, 0.29) is 3.57 Å². The summed E-state index contributed by atoms with van der Waals surface area (Å²) in [6.07, 6.45) is -2.32. The average molecular weight is 316 g/mol. The summed E-state index contributed by atoms with van der Waals surface area (Å²) in [5.41, 5.74) is 3.49. The van der Waals surface area contributed by atoms with Crippen LogP contribution < -0.4 is 5.73 Å². The standard InChI is InChI=1S/C7H4F3IN2O/c8-2-1-13-5(6(9)10)3(4(2)11)7(12)14/h1,6H,(H2,12,14). The quantitative estimate of drug-likeness (QED) is 0.847. The first-order valence-corrected chi connectivity index (χ1v) is 4.45. The van der Waals surface area contributed by atoms with E-state index < -0.39 is 29.4 Å². The molecule has 0 atom stereocenters. The predicted octanol–water partition coefficient (Wildman–Crippen LogP) is 1.86. The van der Waals surface area contributed by atoms with Crippen molar-refractivity contribution < 1.29 is 18.0 Å². The molecular formula is C7H4F3IN2O. The molecule has 0 saturated heterocycles. The largest absolute Gasteiger partial charge is 0.366 e. The zero-order valence-electron chi connectivity index (χ0n) is 6.60. The van der Waals surface area contributed by atoms with Gasteiger partial charge in [0.1, 0.15) is 5.69 Å². The van der Waals surface area contributed by atoms with Crippen LogP contribution in [0.5, 0.6) is 0 Å². The number of nitrogens with zero attached hydrogens (tertiary/aromatic N) is 1. The van der Waals surface area contributed by atoms with Crippen LogP contribution in [0.3, 0.4) is 0 Å². The van der Waals surface area contributed by atoms with E-state index in [0.717, 1.165) is 0 Å². The summed E-state index contributed by atoms with van der Waals surface area (Å²) in [6.45, 7) is 0. The molecule has 0 saturated carbocycles. The topological polar surface area (TPSA) is 56.0 Å². The first-order chi connectivity index (χ1) is 6.45. The predicted molar refractivity (Wildman–Crippen MR) is 50.4 cm³/mol. The van der Waals surface area contributed by atoms with E-state index in [1.807, 2.05) is 0 Å². The highest BCUT2D eigenvalue weighted by Crippen LogP contribution is 2.25. The second kappa shape index (κ2) is 4.11. The normalized spacial score (nSPS) is 10.6. The Labute approximate surface area is 90.6 Å². The second-order valence-corrected chi connectivity index (χ2v) is 3.42. The number of pyridine rings is 1. The van der Waals surface area contributed by atoms with Crippen LogP contribution in [-0.2, 0) is 0 Å². The van der Waals surface area contributed by atoms with Crippen LogP contribution in [0.4, 0.5) is 13.2 Å². The molecular weight excluding hydrogens is 312 g/mol. The SMILES string of the molecule is NC(=O)c1c(C(F)F)ncc(F)c1I. The highest BCUT2D eigenvalue weighted by atomic mass is 127. The van der Waals surface area contributed by atoms with E-state index in [2.05, 4.69) is 4.98 Å². The number of amides is 1. The van der Waals surface area contributed by atoms with Crippen LogP contribution in [0.15, 0.2) is 6.20 Å². The third kappa shape index (κ3) is 1.97. The van der Waals surface area contributed by atoms with Crippen molar-refractivity contribution in [3.8, 4) is 0 Å². The number of hydrogen-bond acceptors (Lipinski definition) is 2. The molecule has 1 rings (SSSR count). The fourth-order valence-electron chi connectivity index (χ4n) is 0.879. The summed E-state index contributed by atoms with van der Waals surface area (Å²) in [4.78, 5) is 13.9. The molecule has 0 aliphatic rings. The molecule has 0 bridgehead atoms. The average Bonchev–Trinajstić information content (AvgIpc) is 2.08. The highest BCUT2D eigenvalue weighted by molar-refractivity contribution is 14.1. The summed E-state index contributed by atoms with van der Waals surface area (Å²) in [5.74, 6) is -1.96. The fraction of sp³-hybridized carbons (Fsp3) is 0.143. The molecule has 1 heterocycles. The van der Waals surface area contributed by atoms with E-state index in [9.17, 15) is 18.0 Å². The van der Waals surface area contributed by atoms with Gasteiger partial charge < -0.3 is 5.73 Å². The van der Waals surface area contributed by atoms with Crippen LogP contribution >= 0.6 is 22.6 Å². The number of carbonyl (C=O) groups is 1.